The van der Waals surface area contributed by atoms with Gasteiger partial charge in [0.25, 0.3) is 0 Å². The number of pyridine rings is 1. The first-order chi connectivity index (χ1) is 10.1. The van der Waals surface area contributed by atoms with Crippen molar-refractivity contribution in [2.24, 2.45) is 0 Å². The fourth-order valence-electron chi connectivity index (χ4n) is 3.07. The Morgan fingerprint density at radius 1 is 1.29 bits per heavy atom. The second kappa shape index (κ2) is 6.12. The molecule has 0 saturated carbocycles. The third kappa shape index (κ3) is 3.09. The quantitative estimate of drug-likeness (QED) is 0.859. The Hall–Kier alpha value is -1.46. The fraction of sp³-hybridized carbons (Fsp3) is 0.625. The first-order valence-electron chi connectivity index (χ1n) is 7.79. The first-order valence-corrected chi connectivity index (χ1v) is 7.79. The van der Waals surface area contributed by atoms with Crippen LogP contribution < -0.4 is 0 Å². The number of hydrogen-bond donors (Lipinski definition) is 0. The lowest BCUT2D eigenvalue weighted by atomic mass is 9.96. The van der Waals surface area contributed by atoms with Crippen molar-refractivity contribution < 1.29 is 0 Å². The molecule has 0 aromatic carbocycles. The van der Waals surface area contributed by atoms with Gasteiger partial charge >= 0.3 is 0 Å². The number of likely N-dealkylation sites (N-methyl/N-ethyl adjacent to an activating group) is 1. The van der Waals surface area contributed by atoms with Gasteiger partial charge in [-0.25, -0.2) is 9.97 Å². The Morgan fingerprint density at radius 3 is 2.76 bits per heavy atom. The van der Waals surface area contributed by atoms with Crippen molar-refractivity contribution in [3.05, 3.63) is 24.2 Å². The Balaban J connectivity index is 1.94. The molecule has 2 aromatic heterocycles. The molecule has 1 saturated heterocycles. The lowest BCUT2D eigenvalue weighted by Crippen LogP contribution is -2.30. The molecule has 5 heteroatoms. The average molecular weight is 287 g/mol. The Kier molecular flexibility index (Phi) is 4.22. The second-order valence-corrected chi connectivity index (χ2v) is 6.35. The molecule has 3 heterocycles. The van der Waals surface area contributed by atoms with Gasteiger partial charge in [0, 0.05) is 25.2 Å². The summed E-state index contributed by atoms with van der Waals surface area (Å²) in [6, 6.07) is 4.05. The van der Waals surface area contributed by atoms with Crippen molar-refractivity contribution >= 4 is 11.2 Å². The molecule has 1 aliphatic heterocycles. The minimum atomic E-state index is 0.567. The summed E-state index contributed by atoms with van der Waals surface area (Å²) >= 11 is 0. The van der Waals surface area contributed by atoms with E-state index in [0.717, 1.165) is 37.3 Å². The number of nitrogens with zero attached hydrogens (tertiary/aromatic N) is 5. The molecule has 0 unspecified atom stereocenters. The van der Waals surface area contributed by atoms with Crippen LogP contribution in [0.5, 0.6) is 0 Å². The summed E-state index contributed by atoms with van der Waals surface area (Å²) in [4.78, 5) is 14.1. The molecule has 0 bridgehead atoms. The summed E-state index contributed by atoms with van der Waals surface area (Å²) in [5, 5.41) is 0. The van der Waals surface area contributed by atoms with Crippen molar-refractivity contribution in [3.63, 3.8) is 0 Å². The van der Waals surface area contributed by atoms with Gasteiger partial charge in [-0.05, 0) is 59.2 Å². The SMILES string of the molecule is CN(C)CCn1c(C2CCN(C)CC2)nc2cccnc21. The zero-order chi connectivity index (χ0) is 14.8. The third-order valence-corrected chi connectivity index (χ3v) is 4.39. The molecule has 1 fully saturated rings. The van der Waals surface area contributed by atoms with Crippen molar-refractivity contribution in [2.45, 2.75) is 25.3 Å². The lowest BCUT2D eigenvalue weighted by molar-refractivity contribution is 0.248. The topological polar surface area (TPSA) is 37.2 Å². The predicted molar refractivity (Wildman–Crippen MR) is 85.6 cm³/mol. The molecular formula is C16H25N5. The molecule has 3 rings (SSSR count). The molecule has 0 aliphatic carbocycles. The van der Waals surface area contributed by atoms with Crippen LogP contribution in [0, 0.1) is 0 Å². The fourth-order valence-corrected chi connectivity index (χ4v) is 3.07. The van der Waals surface area contributed by atoms with Gasteiger partial charge in [0.05, 0.1) is 0 Å². The standard InChI is InChI=1S/C16H25N5/c1-19(2)11-12-21-15(13-6-9-20(3)10-7-13)18-14-5-4-8-17-16(14)21/h4-5,8,13H,6-7,9-12H2,1-3H3. The molecule has 114 valence electrons. The highest BCUT2D eigenvalue weighted by molar-refractivity contribution is 5.71. The van der Waals surface area contributed by atoms with Crippen LogP contribution in [0.25, 0.3) is 11.2 Å². The molecule has 5 nitrogen and oxygen atoms in total. The summed E-state index contributed by atoms with van der Waals surface area (Å²) in [5.41, 5.74) is 2.07. The van der Waals surface area contributed by atoms with Gasteiger partial charge in [0.1, 0.15) is 11.3 Å². The number of hydrogen-bond acceptors (Lipinski definition) is 4. The highest BCUT2D eigenvalue weighted by atomic mass is 15.2. The van der Waals surface area contributed by atoms with Crippen LogP contribution in [0.1, 0.15) is 24.6 Å². The van der Waals surface area contributed by atoms with E-state index in [0.29, 0.717) is 5.92 Å². The number of rotatable bonds is 4. The lowest BCUT2D eigenvalue weighted by Gasteiger charge is -2.29. The molecule has 0 atom stereocenters. The van der Waals surface area contributed by atoms with Crippen molar-refractivity contribution in [3.8, 4) is 0 Å². The van der Waals surface area contributed by atoms with E-state index < -0.39 is 0 Å². The van der Waals surface area contributed by atoms with Gasteiger partial charge in [-0.3, -0.25) is 0 Å². The largest absolute Gasteiger partial charge is 0.311 e. The molecular weight excluding hydrogens is 262 g/mol. The number of fused-ring (bicyclic) bond motifs is 1. The monoisotopic (exact) mass is 287 g/mol. The molecule has 2 aromatic rings. The summed E-state index contributed by atoms with van der Waals surface area (Å²) in [6.07, 6.45) is 4.26. The molecule has 0 spiro atoms. The third-order valence-electron chi connectivity index (χ3n) is 4.39. The van der Waals surface area contributed by atoms with E-state index in [4.69, 9.17) is 4.98 Å². The van der Waals surface area contributed by atoms with Gasteiger partial charge in [-0.1, -0.05) is 0 Å². The minimum Gasteiger partial charge on any atom is -0.311 e. The van der Waals surface area contributed by atoms with E-state index in [-0.39, 0.29) is 0 Å². The number of piperidine rings is 1. The first kappa shape index (κ1) is 14.5. The summed E-state index contributed by atoms with van der Waals surface area (Å²) in [5.74, 6) is 1.80. The van der Waals surface area contributed by atoms with Crippen molar-refractivity contribution in [1.82, 2.24) is 24.3 Å². The van der Waals surface area contributed by atoms with E-state index in [9.17, 15) is 0 Å². The Labute approximate surface area is 126 Å². The summed E-state index contributed by atoms with van der Waals surface area (Å²) in [6.45, 7) is 4.30. The second-order valence-electron chi connectivity index (χ2n) is 6.35. The van der Waals surface area contributed by atoms with Gasteiger partial charge in [0.2, 0.25) is 0 Å². The predicted octanol–water partition coefficient (Wildman–Crippen LogP) is 1.80. The number of likely N-dealkylation sites (tertiary alicyclic amines) is 1. The zero-order valence-electron chi connectivity index (χ0n) is 13.3. The zero-order valence-corrected chi connectivity index (χ0v) is 13.3. The van der Waals surface area contributed by atoms with Crippen LogP contribution in [-0.4, -0.2) is 65.1 Å². The normalized spacial score (nSPS) is 17.9. The van der Waals surface area contributed by atoms with Crippen LogP contribution in [0.3, 0.4) is 0 Å². The van der Waals surface area contributed by atoms with Crippen molar-refractivity contribution in [2.75, 3.05) is 40.8 Å². The van der Waals surface area contributed by atoms with Crippen molar-refractivity contribution in [1.29, 1.82) is 0 Å². The highest BCUT2D eigenvalue weighted by Gasteiger charge is 2.24. The maximum atomic E-state index is 4.90. The van der Waals surface area contributed by atoms with E-state index in [1.807, 2.05) is 12.3 Å². The summed E-state index contributed by atoms with van der Waals surface area (Å²) in [7, 11) is 6.43. The van der Waals surface area contributed by atoms with E-state index in [1.165, 1.54) is 18.7 Å². The minimum absolute atomic E-state index is 0.567. The Morgan fingerprint density at radius 2 is 2.05 bits per heavy atom. The van der Waals surface area contributed by atoms with E-state index >= 15 is 0 Å². The van der Waals surface area contributed by atoms with Gasteiger partial charge < -0.3 is 14.4 Å². The van der Waals surface area contributed by atoms with Gasteiger partial charge in [-0.2, -0.15) is 0 Å². The molecule has 21 heavy (non-hydrogen) atoms. The maximum absolute atomic E-state index is 4.90. The van der Waals surface area contributed by atoms with E-state index in [2.05, 4.69) is 46.6 Å². The van der Waals surface area contributed by atoms with Crippen LogP contribution in [0.15, 0.2) is 18.3 Å². The smallest absolute Gasteiger partial charge is 0.160 e. The molecule has 0 N–H and O–H groups in total. The van der Waals surface area contributed by atoms with Crippen LogP contribution in [0.2, 0.25) is 0 Å². The van der Waals surface area contributed by atoms with Crippen LogP contribution >= 0.6 is 0 Å². The summed E-state index contributed by atoms with van der Waals surface area (Å²) < 4.78 is 2.34. The average Bonchev–Trinajstić information content (AvgIpc) is 2.84. The molecule has 1 aliphatic rings. The number of aromatic nitrogens is 3. The van der Waals surface area contributed by atoms with Crippen LogP contribution in [-0.2, 0) is 6.54 Å². The van der Waals surface area contributed by atoms with Gasteiger partial charge in [-0.15, -0.1) is 0 Å². The number of imidazole rings is 1. The van der Waals surface area contributed by atoms with Gasteiger partial charge in [0.15, 0.2) is 5.65 Å². The highest BCUT2D eigenvalue weighted by Crippen LogP contribution is 2.29. The Bertz CT molecular complexity index is 596. The molecule has 0 radical (unpaired) electrons. The van der Waals surface area contributed by atoms with Crippen LogP contribution in [0.4, 0.5) is 0 Å². The molecule has 0 amide bonds. The van der Waals surface area contributed by atoms with E-state index in [1.54, 1.807) is 0 Å². The maximum Gasteiger partial charge on any atom is 0.160 e.